The van der Waals surface area contributed by atoms with Crippen molar-refractivity contribution < 1.29 is 38.4 Å². The molecule has 26 heavy (non-hydrogen) atoms. The lowest BCUT2D eigenvalue weighted by molar-refractivity contribution is -0.218. The van der Waals surface area contributed by atoms with Crippen molar-refractivity contribution in [2.75, 3.05) is 6.61 Å². The van der Waals surface area contributed by atoms with E-state index in [0.717, 1.165) is 0 Å². The molecule has 0 aromatic heterocycles. The van der Waals surface area contributed by atoms with Crippen LogP contribution in [0.5, 0.6) is 0 Å². The summed E-state index contributed by atoms with van der Waals surface area (Å²) in [6.07, 6.45) is -1.75. The predicted octanol–water partition coefficient (Wildman–Crippen LogP) is 1.67. The molecule has 0 unspecified atom stereocenters. The summed E-state index contributed by atoms with van der Waals surface area (Å²) in [5.74, 6) is -1.48. The highest BCUT2D eigenvalue weighted by atomic mass is 16.6. The molecule has 0 saturated carbocycles. The van der Waals surface area contributed by atoms with Crippen molar-refractivity contribution >= 4 is 17.9 Å². The summed E-state index contributed by atoms with van der Waals surface area (Å²) < 4.78 is 21.5. The molecule has 1 N–H and O–H groups in total. The molecule has 1 aliphatic heterocycles. The summed E-state index contributed by atoms with van der Waals surface area (Å²) in [6.45, 7) is 6.24. The van der Waals surface area contributed by atoms with Crippen LogP contribution in [-0.2, 0) is 33.3 Å². The zero-order chi connectivity index (χ0) is 19.5. The molecule has 8 nitrogen and oxygen atoms in total. The first kappa shape index (κ1) is 22.4. The van der Waals surface area contributed by atoms with Crippen molar-refractivity contribution in [3.63, 3.8) is 0 Å². The average molecular weight is 373 g/mol. The monoisotopic (exact) mass is 373 g/mol. The van der Waals surface area contributed by atoms with Crippen molar-refractivity contribution in [1.82, 2.24) is 0 Å². The van der Waals surface area contributed by atoms with Crippen LogP contribution in [0.2, 0.25) is 0 Å². The number of aliphatic hydroxyl groups is 1. The van der Waals surface area contributed by atoms with Crippen LogP contribution in [0.4, 0.5) is 0 Å². The first-order valence-electron chi connectivity index (χ1n) is 9.14. The third kappa shape index (κ3) is 6.92. The van der Waals surface area contributed by atoms with E-state index in [2.05, 4.69) is 0 Å². The first-order chi connectivity index (χ1) is 12.5. The minimum atomic E-state index is -1.07. The Balaban J connectivity index is 2.98. The van der Waals surface area contributed by atoms with Gasteiger partial charge < -0.3 is 24.1 Å². The molecule has 0 aliphatic carbocycles. The van der Waals surface area contributed by atoms with Crippen molar-refractivity contribution in [2.24, 2.45) is 0 Å². The SMILES string of the molecule is CCCC(=O)O[C@@H]1[C@@H](OC(=O)CCC)[C@@H](CO)O[CH][C@H]1OC(=O)CCC. The lowest BCUT2D eigenvalue weighted by Crippen LogP contribution is -2.57. The van der Waals surface area contributed by atoms with Gasteiger partial charge in [-0.2, -0.15) is 0 Å². The van der Waals surface area contributed by atoms with Crippen LogP contribution in [0.15, 0.2) is 0 Å². The molecule has 0 aromatic carbocycles. The Kier molecular flexibility index (Phi) is 10.2. The molecule has 0 amide bonds. The molecule has 1 saturated heterocycles. The smallest absolute Gasteiger partial charge is 0.306 e. The van der Waals surface area contributed by atoms with E-state index in [0.29, 0.717) is 19.3 Å². The number of rotatable bonds is 10. The van der Waals surface area contributed by atoms with E-state index in [9.17, 15) is 19.5 Å². The van der Waals surface area contributed by atoms with Gasteiger partial charge in [0.15, 0.2) is 18.3 Å². The number of aliphatic hydroxyl groups excluding tert-OH is 1. The molecule has 4 atom stereocenters. The minimum absolute atomic E-state index is 0.173. The van der Waals surface area contributed by atoms with Gasteiger partial charge in [0.2, 0.25) is 0 Å². The maximum Gasteiger partial charge on any atom is 0.306 e. The summed E-state index contributed by atoms with van der Waals surface area (Å²) in [5, 5.41) is 9.53. The summed E-state index contributed by atoms with van der Waals surface area (Å²) in [5.41, 5.74) is 0. The molecular formula is C18H29O8. The second-order valence-electron chi connectivity index (χ2n) is 6.11. The first-order valence-corrected chi connectivity index (χ1v) is 9.14. The minimum Gasteiger partial charge on any atom is -0.455 e. The average Bonchev–Trinajstić information content (AvgIpc) is 2.58. The second kappa shape index (κ2) is 11.9. The molecule has 1 radical (unpaired) electrons. The van der Waals surface area contributed by atoms with Gasteiger partial charge in [0.25, 0.3) is 0 Å². The fourth-order valence-electron chi connectivity index (χ4n) is 2.50. The lowest BCUT2D eigenvalue weighted by atomic mass is 9.99. The van der Waals surface area contributed by atoms with E-state index in [1.165, 1.54) is 6.61 Å². The lowest BCUT2D eigenvalue weighted by Gasteiger charge is -2.40. The van der Waals surface area contributed by atoms with Crippen LogP contribution in [0.1, 0.15) is 59.3 Å². The van der Waals surface area contributed by atoms with Crippen molar-refractivity contribution in [3.05, 3.63) is 6.61 Å². The summed E-state index contributed by atoms with van der Waals surface area (Å²) in [7, 11) is 0. The maximum absolute atomic E-state index is 12.0. The van der Waals surface area contributed by atoms with E-state index in [1.807, 2.05) is 20.8 Å². The molecule has 0 aromatic rings. The Morgan fingerprint density at radius 3 is 1.77 bits per heavy atom. The van der Waals surface area contributed by atoms with Gasteiger partial charge in [0.05, 0.1) is 6.61 Å². The van der Waals surface area contributed by atoms with Crippen molar-refractivity contribution in [1.29, 1.82) is 0 Å². The Labute approximate surface area is 154 Å². The molecule has 1 aliphatic rings. The molecule has 1 heterocycles. The fourth-order valence-corrected chi connectivity index (χ4v) is 2.50. The maximum atomic E-state index is 12.0. The Bertz CT molecular complexity index is 464. The van der Waals surface area contributed by atoms with E-state index in [4.69, 9.17) is 18.9 Å². The number of carbonyl (C=O) groups excluding carboxylic acids is 3. The van der Waals surface area contributed by atoms with E-state index < -0.39 is 48.9 Å². The zero-order valence-electron chi connectivity index (χ0n) is 15.6. The quantitative estimate of drug-likeness (QED) is 0.455. The van der Waals surface area contributed by atoms with Crippen LogP contribution in [0.25, 0.3) is 0 Å². The highest BCUT2D eigenvalue weighted by molar-refractivity contribution is 5.71. The molecule has 1 fully saturated rings. The normalized spacial score (nSPS) is 25.4. The summed E-state index contributed by atoms with van der Waals surface area (Å²) in [4.78, 5) is 35.8. The van der Waals surface area contributed by atoms with Crippen molar-refractivity contribution in [3.8, 4) is 0 Å². The van der Waals surface area contributed by atoms with Gasteiger partial charge in [0, 0.05) is 19.3 Å². The number of hydrogen-bond donors (Lipinski definition) is 1. The van der Waals surface area contributed by atoms with Crippen LogP contribution < -0.4 is 0 Å². The second-order valence-corrected chi connectivity index (χ2v) is 6.11. The third-order valence-electron chi connectivity index (χ3n) is 3.75. The molecule has 149 valence electrons. The van der Waals surface area contributed by atoms with Crippen molar-refractivity contribution in [2.45, 2.75) is 83.7 Å². The molecule has 0 bridgehead atoms. The van der Waals surface area contributed by atoms with E-state index in [1.54, 1.807) is 0 Å². The standard InChI is InChI=1S/C18H29O8/c1-4-7-14(20)24-13-11-23-12(10-19)17(25-15(21)8-5-2)18(13)26-16(22)9-6-3/h11-13,17-19H,4-10H2,1-3H3/t12-,13-,17+,18+/m1/s1. The molecule has 8 heteroatoms. The van der Waals surface area contributed by atoms with Crippen LogP contribution in [0.3, 0.4) is 0 Å². The van der Waals surface area contributed by atoms with Gasteiger partial charge in [-0.1, -0.05) is 20.8 Å². The largest absolute Gasteiger partial charge is 0.455 e. The van der Waals surface area contributed by atoms with Gasteiger partial charge in [0.1, 0.15) is 12.7 Å². The Morgan fingerprint density at radius 1 is 0.846 bits per heavy atom. The van der Waals surface area contributed by atoms with Crippen LogP contribution >= 0.6 is 0 Å². The topological polar surface area (TPSA) is 108 Å². The zero-order valence-corrected chi connectivity index (χ0v) is 15.6. The number of ether oxygens (including phenoxy) is 4. The third-order valence-corrected chi connectivity index (χ3v) is 3.75. The van der Waals surface area contributed by atoms with Gasteiger partial charge in [-0.25, -0.2) is 0 Å². The highest BCUT2D eigenvalue weighted by Crippen LogP contribution is 2.27. The van der Waals surface area contributed by atoms with Gasteiger partial charge in [-0.05, 0) is 19.3 Å². The summed E-state index contributed by atoms with van der Waals surface area (Å²) >= 11 is 0. The van der Waals surface area contributed by atoms with E-state index in [-0.39, 0.29) is 19.3 Å². The Morgan fingerprint density at radius 2 is 1.31 bits per heavy atom. The van der Waals surface area contributed by atoms with Crippen LogP contribution in [-0.4, -0.2) is 54.0 Å². The predicted molar refractivity (Wildman–Crippen MR) is 90.6 cm³/mol. The van der Waals surface area contributed by atoms with Gasteiger partial charge >= 0.3 is 17.9 Å². The summed E-state index contributed by atoms with van der Waals surface area (Å²) in [6, 6.07) is 0. The van der Waals surface area contributed by atoms with Gasteiger partial charge in [-0.3, -0.25) is 14.4 Å². The van der Waals surface area contributed by atoms with E-state index >= 15 is 0 Å². The fraction of sp³-hybridized carbons (Fsp3) is 0.778. The van der Waals surface area contributed by atoms with Crippen LogP contribution in [0, 0.1) is 6.61 Å². The van der Waals surface area contributed by atoms with Gasteiger partial charge in [-0.15, -0.1) is 0 Å². The number of esters is 3. The highest BCUT2D eigenvalue weighted by Gasteiger charge is 2.47. The number of hydrogen-bond acceptors (Lipinski definition) is 8. The molecule has 0 spiro atoms. The molecular weight excluding hydrogens is 344 g/mol. The molecule has 1 rings (SSSR count). The number of carbonyl (C=O) groups is 3. The Hall–Kier alpha value is -1.67.